The summed E-state index contributed by atoms with van der Waals surface area (Å²) in [5.41, 5.74) is 3.19. The fraction of sp³-hybridized carbons (Fsp3) is 0.143. The molecule has 28 heavy (non-hydrogen) atoms. The topological polar surface area (TPSA) is 93.2 Å². The zero-order valence-corrected chi connectivity index (χ0v) is 15.4. The first kappa shape index (κ1) is 19.0. The highest BCUT2D eigenvalue weighted by atomic mass is 16.5. The Labute approximate surface area is 162 Å². The second kappa shape index (κ2) is 9.27. The van der Waals surface area contributed by atoms with Crippen molar-refractivity contribution in [2.45, 2.75) is 13.5 Å². The van der Waals surface area contributed by atoms with Crippen LogP contribution in [0, 0.1) is 0 Å². The highest BCUT2D eigenvalue weighted by Gasteiger charge is 2.09. The zero-order valence-electron chi connectivity index (χ0n) is 15.4. The third kappa shape index (κ3) is 5.14. The van der Waals surface area contributed by atoms with Crippen molar-refractivity contribution in [3.63, 3.8) is 0 Å². The van der Waals surface area contributed by atoms with Gasteiger partial charge in [-0.15, -0.1) is 0 Å². The molecule has 1 amide bonds. The van der Waals surface area contributed by atoms with Crippen molar-refractivity contribution >= 4 is 23.3 Å². The molecule has 3 aromatic rings. The van der Waals surface area contributed by atoms with Crippen molar-refractivity contribution in [3.8, 4) is 0 Å². The minimum absolute atomic E-state index is 0.273. The number of carbonyl (C=O) groups is 2. The van der Waals surface area contributed by atoms with Crippen LogP contribution in [0.2, 0.25) is 0 Å². The van der Waals surface area contributed by atoms with Crippen molar-refractivity contribution < 1.29 is 14.3 Å². The Hall–Kier alpha value is -3.74. The van der Waals surface area contributed by atoms with Crippen LogP contribution in [0.1, 0.15) is 33.3 Å². The van der Waals surface area contributed by atoms with Gasteiger partial charge in [0.1, 0.15) is 5.69 Å². The molecule has 1 aromatic carbocycles. The van der Waals surface area contributed by atoms with Gasteiger partial charge in [0.05, 0.1) is 12.2 Å². The Kier molecular flexibility index (Phi) is 6.30. The molecule has 2 aromatic heterocycles. The van der Waals surface area contributed by atoms with E-state index in [1.165, 1.54) is 0 Å². The molecule has 0 radical (unpaired) electrons. The number of rotatable bonds is 7. The molecular formula is C21H20N4O3. The van der Waals surface area contributed by atoms with E-state index >= 15 is 0 Å². The summed E-state index contributed by atoms with van der Waals surface area (Å²) in [4.78, 5) is 32.2. The lowest BCUT2D eigenvalue weighted by atomic mass is 10.2. The Bertz CT molecular complexity index is 943. The predicted molar refractivity (Wildman–Crippen MR) is 105 cm³/mol. The van der Waals surface area contributed by atoms with Gasteiger partial charge in [-0.25, -0.2) is 4.79 Å². The molecule has 2 N–H and O–H groups in total. The summed E-state index contributed by atoms with van der Waals surface area (Å²) in [5, 5.41) is 6.01. The number of hydrogen-bond donors (Lipinski definition) is 2. The maximum atomic E-state index is 12.3. The molecule has 7 nitrogen and oxygen atoms in total. The van der Waals surface area contributed by atoms with Crippen LogP contribution in [0.3, 0.4) is 0 Å². The van der Waals surface area contributed by atoms with Gasteiger partial charge < -0.3 is 15.4 Å². The Balaban J connectivity index is 1.62. The summed E-state index contributed by atoms with van der Waals surface area (Å²) < 4.78 is 4.97. The second-order valence-electron chi connectivity index (χ2n) is 5.90. The zero-order chi connectivity index (χ0) is 19.8. The van der Waals surface area contributed by atoms with Crippen molar-refractivity contribution in [2.75, 3.05) is 11.9 Å². The average molecular weight is 376 g/mol. The van der Waals surface area contributed by atoms with Gasteiger partial charge in [-0.2, -0.15) is 0 Å². The minimum atomic E-state index is -0.356. The Morgan fingerprint density at radius 1 is 1.04 bits per heavy atom. The quantitative estimate of drug-likeness (QED) is 0.615. The van der Waals surface area contributed by atoms with E-state index in [1.807, 2.05) is 12.1 Å². The number of amides is 1. The van der Waals surface area contributed by atoms with Gasteiger partial charge in [0, 0.05) is 36.5 Å². The molecule has 142 valence electrons. The molecule has 0 aliphatic carbocycles. The number of nitrogens with one attached hydrogen (secondary N) is 2. The molecule has 0 fully saturated rings. The highest BCUT2D eigenvalue weighted by molar-refractivity contribution is 5.93. The summed E-state index contributed by atoms with van der Waals surface area (Å²) in [6.07, 6.45) is 4.95. The van der Waals surface area contributed by atoms with Gasteiger partial charge in [0.25, 0.3) is 5.91 Å². The summed E-state index contributed by atoms with van der Waals surface area (Å²) in [5.74, 6) is -0.629. The lowest BCUT2D eigenvalue weighted by Crippen LogP contribution is -2.23. The number of aromatic nitrogens is 2. The van der Waals surface area contributed by atoms with E-state index in [2.05, 4.69) is 20.6 Å². The van der Waals surface area contributed by atoms with E-state index in [1.54, 1.807) is 61.9 Å². The van der Waals surface area contributed by atoms with Crippen molar-refractivity contribution in [1.29, 1.82) is 0 Å². The van der Waals surface area contributed by atoms with Crippen LogP contribution in [0.15, 0.2) is 67.1 Å². The number of nitrogens with zero attached hydrogens (tertiary/aromatic N) is 2. The van der Waals surface area contributed by atoms with Crippen LogP contribution >= 0.6 is 0 Å². The van der Waals surface area contributed by atoms with Crippen LogP contribution < -0.4 is 10.6 Å². The first-order valence-electron chi connectivity index (χ1n) is 8.83. The summed E-state index contributed by atoms with van der Waals surface area (Å²) in [7, 11) is 0. The van der Waals surface area contributed by atoms with Gasteiger partial charge in [-0.05, 0) is 55.0 Å². The number of pyridine rings is 2. The van der Waals surface area contributed by atoms with Crippen LogP contribution in [0.5, 0.6) is 0 Å². The molecule has 3 rings (SSSR count). The molecule has 0 saturated carbocycles. The molecule has 7 heteroatoms. The second-order valence-corrected chi connectivity index (χ2v) is 5.90. The van der Waals surface area contributed by atoms with Gasteiger partial charge in [-0.1, -0.05) is 6.07 Å². The van der Waals surface area contributed by atoms with Crippen LogP contribution in [0.4, 0.5) is 11.4 Å². The number of benzene rings is 1. The molecule has 0 aliphatic heterocycles. The number of carbonyl (C=O) groups excluding carboxylic acids is 2. The first-order chi connectivity index (χ1) is 13.7. The van der Waals surface area contributed by atoms with Crippen LogP contribution in [0.25, 0.3) is 0 Å². The number of esters is 1. The summed E-state index contributed by atoms with van der Waals surface area (Å²) >= 11 is 0. The largest absolute Gasteiger partial charge is 0.462 e. The van der Waals surface area contributed by atoms with Gasteiger partial charge in [0.15, 0.2) is 0 Å². The molecule has 2 heterocycles. The molecular weight excluding hydrogens is 356 g/mol. The van der Waals surface area contributed by atoms with Crippen LogP contribution in [-0.2, 0) is 11.3 Å². The van der Waals surface area contributed by atoms with E-state index in [9.17, 15) is 9.59 Å². The maximum Gasteiger partial charge on any atom is 0.338 e. The monoisotopic (exact) mass is 376 g/mol. The van der Waals surface area contributed by atoms with Crippen molar-refractivity contribution in [2.24, 2.45) is 0 Å². The number of ether oxygens (including phenoxy) is 1. The lowest BCUT2D eigenvalue weighted by Gasteiger charge is -2.09. The average Bonchev–Trinajstić information content (AvgIpc) is 2.73. The number of hydrogen-bond acceptors (Lipinski definition) is 6. The molecule has 0 saturated heterocycles. The predicted octanol–water partition coefficient (Wildman–Crippen LogP) is 3.33. The van der Waals surface area contributed by atoms with Gasteiger partial charge in [-0.3, -0.25) is 14.8 Å². The maximum absolute atomic E-state index is 12.3. The molecule has 0 aliphatic rings. The summed E-state index contributed by atoms with van der Waals surface area (Å²) in [6.45, 7) is 2.48. The molecule has 0 spiro atoms. The van der Waals surface area contributed by atoms with Gasteiger partial charge >= 0.3 is 5.97 Å². The smallest absolute Gasteiger partial charge is 0.338 e. The molecule has 0 unspecified atom stereocenters. The van der Waals surface area contributed by atoms with Crippen molar-refractivity contribution in [3.05, 3.63) is 83.9 Å². The normalized spacial score (nSPS) is 10.2. The van der Waals surface area contributed by atoms with E-state index < -0.39 is 0 Å². The Morgan fingerprint density at radius 2 is 1.86 bits per heavy atom. The van der Waals surface area contributed by atoms with Crippen LogP contribution in [-0.4, -0.2) is 28.5 Å². The molecule has 0 atom stereocenters. The van der Waals surface area contributed by atoms with Crippen molar-refractivity contribution in [1.82, 2.24) is 15.3 Å². The Morgan fingerprint density at radius 3 is 2.57 bits per heavy atom. The molecule has 0 bridgehead atoms. The van der Waals surface area contributed by atoms with E-state index in [-0.39, 0.29) is 11.9 Å². The van der Waals surface area contributed by atoms with E-state index in [0.29, 0.717) is 30.1 Å². The fourth-order valence-electron chi connectivity index (χ4n) is 2.48. The standard InChI is InChI=1S/C21H20N4O3/c1-2-28-21(27)16-5-7-17(8-6-16)25-18-9-11-23-19(12-18)20(26)24-14-15-4-3-10-22-13-15/h3-13H,2,14H2,1H3,(H,23,25)(H,24,26). The first-order valence-corrected chi connectivity index (χ1v) is 8.83. The lowest BCUT2D eigenvalue weighted by molar-refractivity contribution is 0.0526. The minimum Gasteiger partial charge on any atom is -0.462 e. The highest BCUT2D eigenvalue weighted by Crippen LogP contribution is 2.18. The number of anilines is 2. The van der Waals surface area contributed by atoms with E-state index in [4.69, 9.17) is 4.74 Å². The fourth-order valence-corrected chi connectivity index (χ4v) is 2.48. The summed E-state index contributed by atoms with van der Waals surface area (Å²) in [6, 6.07) is 14.0. The van der Waals surface area contributed by atoms with Gasteiger partial charge in [0.2, 0.25) is 0 Å². The van der Waals surface area contributed by atoms with E-state index in [0.717, 1.165) is 11.3 Å². The third-order valence-corrected chi connectivity index (χ3v) is 3.85. The SMILES string of the molecule is CCOC(=O)c1ccc(Nc2ccnc(C(=O)NCc3cccnc3)c2)cc1. The third-order valence-electron chi connectivity index (χ3n) is 3.85.